The number of hydrogen-bond acceptors (Lipinski definition) is 5. The SMILES string of the molecule is C.COC(=O)c1cc(C(=O)OC)n(CCCCC#N)c1. The number of carbonyl (C=O) groups is 2. The van der Waals surface area contributed by atoms with Gasteiger partial charge in [0.15, 0.2) is 0 Å². The van der Waals surface area contributed by atoms with E-state index in [2.05, 4.69) is 15.5 Å². The van der Waals surface area contributed by atoms with Gasteiger partial charge in [0.25, 0.3) is 0 Å². The van der Waals surface area contributed by atoms with Crippen LogP contribution < -0.4 is 0 Å². The lowest BCUT2D eigenvalue weighted by molar-refractivity contribution is 0.0587. The first kappa shape index (κ1) is 17.7. The van der Waals surface area contributed by atoms with Crippen molar-refractivity contribution in [3.05, 3.63) is 23.5 Å². The van der Waals surface area contributed by atoms with E-state index in [1.165, 1.54) is 20.3 Å². The van der Waals surface area contributed by atoms with Crippen LogP contribution in [0.4, 0.5) is 0 Å². The molecule has 0 spiro atoms. The molecule has 110 valence electrons. The van der Waals surface area contributed by atoms with Crippen molar-refractivity contribution in [1.29, 1.82) is 5.26 Å². The van der Waals surface area contributed by atoms with Crippen LogP contribution in [0.3, 0.4) is 0 Å². The highest BCUT2D eigenvalue weighted by Gasteiger charge is 2.17. The van der Waals surface area contributed by atoms with E-state index in [1.54, 1.807) is 10.8 Å². The van der Waals surface area contributed by atoms with Crippen LogP contribution in [0.1, 0.15) is 47.5 Å². The zero-order valence-corrected chi connectivity index (χ0v) is 11.0. The van der Waals surface area contributed by atoms with E-state index >= 15 is 0 Å². The van der Waals surface area contributed by atoms with Crippen LogP contribution >= 0.6 is 0 Å². The molecular formula is C14H20N2O4. The van der Waals surface area contributed by atoms with Crippen molar-refractivity contribution < 1.29 is 19.1 Å². The highest BCUT2D eigenvalue weighted by atomic mass is 16.5. The summed E-state index contributed by atoms with van der Waals surface area (Å²) in [7, 11) is 2.57. The maximum absolute atomic E-state index is 11.6. The number of aromatic nitrogens is 1. The second-order valence-electron chi connectivity index (χ2n) is 3.91. The molecule has 0 amide bonds. The van der Waals surface area contributed by atoms with Crippen LogP contribution in [0, 0.1) is 11.3 Å². The molecule has 0 aliphatic heterocycles. The largest absolute Gasteiger partial charge is 0.465 e. The molecular weight excluding hydrogens is 260 g/mol. The minimum absolute atomic E-state index is 0. The molecule has 1 aromatic heterocycles. The molecule has 6 nitrogen and oxygen atoms in total. The Morgan fingerprint density at radius 1 is 1.25 bits per heavy atom. The lowest BCUT2D eigenvalue weighted by atomic mass is 10.2. The van der Waals surface area contributed by atoms with E-state index in [4.69, 9.17) is 5.26 Å². The van der Waals surface area contributed by atoms with Gasteiger partial charge < -0.3 is 14.0 Å². The van der Waals surface area contributed by atoms with Crippen LogP contribution in [0.2, 0.25) is 0 Å². The van der Waals surface area contributed by atoms with Crippen molar-refractivity contribution in [3.8, 4) is 6.07 Å². The number of nitrogens with zero attached hydrogens (tertiary/aromatic N) is 2. The first-order valence-corrected chi connectivity index (χ1v) is 5.87. The van der Waals surface area contributed by atoms with E-state index < -0.39 is 11.9 Å². The average Bonchev–Trinajstić information content (AvgIpc) is 2.86. The molecule has 1 rings (SSSR count). The number of nitriles is 1. The third kappa shape index (κ3) is 4.43. The quantitative estimate of drug-likeness (QED) is 0.590. The van der Waals surface area contributed by atoms with Crippen molar-refractivity contribution in [3.63, 3.8) is 0 Å². The highest BCUT2D eigenvalue weighted by Crippen LogP contribution is 2.13. The predicted molar refractivity (Wildman–Crippen MR) is 73.3 cm³/mol. The summed E-state index contributed by atoms with van der Waals surface area (Å²) in [5, 5.41) is 8.46. The fourth-order valence-electron chi connectivity index (χ4n) is 1.69. The van der Waals surface area contributed by atoms with Crippen LogP contribution in [0.25, 0.3) is 0 Å². The molecule has 0 saturated carbocycles. The second-order valence-corrected chi connectivity index (χ2v) is 3.91. The monoisotopic (exact) mass is 280 g/mol. The second kappa shape index (κ2) is 8.75. The number of carbonyl (C=O) groups excluding carboxylic acids is 2. The Hall–Kier alpha value is -2.29. The van der Waals surface area contributed by atoms with Gasteiger partial charge in [-0.2, -0.15) is 5.26 Å². The summed E-state index contributed by atoms with van der Waals surface area (Å²) in [6.45, 7) is 0.545. The fourth-order valence-corrected chi connectivity index (χ4v) is 1.69. The Bertz CT molecular complexity index is 500. The molecule has 0 aliphatic carbocycles. The Labute approximate surface area is 118 Å². The molecule has 20 heavy (non-hydrogen) atoms. The van der Waals surface area contributed by atoms with Crippen LogP contribution in [0.15, 0.2) is 12.3 Å². The normalized spacial score (nSPS) is 9.25. The Morgan fingerprint density at radius 2 is 1.90 bits per heavy atom. The third-order valence-corrected chi connectivity index (χ3v) is 2.65. The number of hydrogen-bond donors (Lipinski definition) is 0. The number of esters is 2. The van der Waals surface area contributed by atoms with Gasteiger partial charge in [0.1, 0.15) is 5.69 Å². The van der Waals surface area contributed by atoms with Crippen molar-refractivity contribution in [1.82, 2.24) is 4.57 Å². The number of aryl methyl sites for hydroxylation is 1. The van der Waals surface area contributed by atoms with Gasteiger partial charge in [0.05, 0.1) is 25.9 Å². The number of ether oxygens (including phenoxy) is 2. The molecule has 0 N–H and O–H groups in total. The van der Waals surface area contributed by atoms with Gasteiger partial charge in [-0.15, -0.1) is 0 Å². The van der Waals surface area contributed by atoms with E-state index in [-0.39, 0.29) is 7.43 Å². The van der Waals surface area contributed by atoms with Gasteiger partial charge in [0, 0.05) is 19.2 Å². The van der Waals surface area contributed by atoms with Crippen molar-refractivity contribution in [2.75, 3.05) is 14.2 Å². The van der Waals surface area contributed by atoms with Gasteiger partial charge in [-0.1, -0.05) is 7.43 Å². The van der Waals surface area contributed by atoms with E-state index in [0.29, 0.717) is 24.2 Å². The highest BCUT2D eigenvalue weighted by molar-refractivity contribution is 5.94. The Balaban J connectivity index is 0.00000361. The lowest BCUT2D eigenvalue weighted by Crippen LogP contribution is -2.10. The van der Waals surface area contributed by atoms with Gasteiger partial charge in [-0.25, -0.2) is 9.59 Å². The topological polar surface area (TPSA) is 81.3 Å². The Morgan fingerprint density at radius 3 is 2.45 bits per heavy atom. The molecule has 1 heterocycles. The number of methoxy groups -OCH3 is 2. The molecule has 0 atom stereocenters. The summed E-state index contributed by atoms with van der Waals surface area (Å²) in [6, 6.07) is 3.51. The smallest absolute Gasteiger partial charge is 0.354 e. The summed E-state index contributed by atoms with van der Waals surface area (Å²) < 4.78 is 10.9. The summed E-state index contributed by atoms with van der Waals surface area (Å²) in [4.78, 5) is 23.0. The van der Waals surface area contributed by atoms with Gasteiger partial charge in [-0.05, 0) is 18.9 Å². The van der Waals surface area contributed by atoms with Crippen LogP contribution in [-0.2, 0) is 16.0 Å². The zero-order valence-electron chi connectivity index (χ0n) is 11.0. The van der Waals surface area contributed by atoms with Crippen molar-refractivity contribution in [2.24, 2.45) is 0 Å². The molecule has 6 heteroatoms. The lowest BCUT2D eigenvalue weighted by Gasteiger charge is -2.06. The summed E-state index contributed by atoms with van der Waals surface area (Å²) in [5.74, 6) is -1.00. The number of rotatable bonds is 6. The summed E-state index contributed by atoms with van der Waals surface area (Å²) in [6.07, 6.45) is 3.51. The molecule has 0 bridgehead atoms. The van der Waals surface area contributed by atoms with E-state index in [0.717, 1.165) is 12.8 Å². The van der Waals surface area contributed by atoms with E-state index in [9.17, 15) is 9.59 Å². The van der Waals surface area contributed by atoms with Gasteiger partial charge in [-0.3, -0.25) is 0 Å². The Kier molecular flexibility index (Phi) is 7.75. The predicted octanol–water partition coefficient (Wildman–Crippen LogP) is 2.39. The molecule has 0 unspecified atom stereocenters. The molecule has 0 saturated heterocycles. The minimum Gasteiger partial charge on any atom is -0.465 e. The van der Waals surface area contributed by atoms with Gasteiger partial charge >= 0.3 is 11.9 Å². The maximum Gasteiger partial charge on any atom is 0.354 e. The molecule has 0 aromatic carbocycles. The molecule has 0 aliphatic rings. The number of unbranched alkanes of at least 4 members (excludes halogenated alkanes) is 2. The summed E-state index contributed by atoms with van der Waals surface area (Å²) in [5.41, 5.74) is 0.614. The summed E-state index contributed by atoms with van der Waals surface area (Å²) >= 11 is 0. The molecule has 0 radical (unpaired) electrons. The van der Waals surface area contributed by atoms with Gasteiger partial charge in [0.2, 0.25) is 0 Å². The first-order valence-electron chi connectivity index (χ1n) is 5.87. The van der Waals surface area contributed by atoms with Crippen LogP contribution in [-0.4, -0.2) is 30.7 Å². The molecule has 0 fully saturated rings. The van der Waals surface area contributed by atoms with Crippen molar-refractivity contribution in [2.45, 2.75) is 33.2 Å². The average molecular weight is 280 g/mol. The first-order chi connectivity index (χ1) is 9.13. The molecule has 1 aromatic rings. The fraction of sp³-hybridized carbons (Fsp3) is 0.500. The zero-order chi connectivity index (χ0) is 14.3. The standard InChI is InChI=1S/C13H16N2O4.CH4/c1-18-12(16)10-8-11(13(17)19-2)15(9-10)7-5-3-4-6-14;/h8-9H,3-5,7H2,1-2H3;1H4. The van der Waals surface area contributed by atoms with E-state index in [1.807, 2.05) is 0 Å². The van der Waals surface area contributed by atoms with Crippen molar-refractivity contribution >= 4 is 11.9 Å². The third-order valence-electron chi connectivity index (χ3n) is 2.65. The minimum atomic E-state index is -0.504. The maximum atomic E-state index is 11.6. The van der Waals surface area contributed by atoms with Crippen LogP contribution in [0.5, 0.6) is 0 Å².